The molecule has 2 aromatic rings. The maximum absolute atomic E-state index is 11.7. The molecule has 0 fully saturated rings. The second-order valence-electron chi connectivity index (χ2n) is 3.28. The fourth-order valence-electron chi connectivity index (χ4n) is 1.29. The van der Waals surface area contributed by atoms with Gasteiger partial charge in [-0.25, -0.2) is 0 Å². The SMILES string of the molecule is O=C(NCCc1ccsc1)c1csc(I)c1. The van der Waals surface area contributed by atoms with Gasteiger partial charge < -0.3 is 5.32 Å². The van der Waals surface area contributed by atoms with Gasteiger partial charge in [-0.3, -0.25) is 4.79 Å². The number of carbonyl (C=O) groups excluding carboxylic acids is 1. The summed E-state index contributed by atoms with van der Waals surface area (Å²) in [6.45, 7) is 0.696. The molecule has 1 N–H and O–H groups in total. The monoisotopic (exact) mass is 363 g/mol. The summed E-state index contributed by atoms with van der Waals surface area (Å²) < 4.78 is 1.14. The molecule has 0 saturated carbocycles. The van der Waals surface area contributed by atoms with Crippen LogP contribution in [0.25, 0.3) is 0 Å². The van der Waals surface area contributed by atoms with E-state index in [1.54, 1.807) is 22.7 Å². The molecule has 2 heterocycles. The van der Waals surface area contributed by atoms with Crippen molar-refractivity contribution < 1.29 is 4.79 Å². The highest BCUT2D eigenvalue weighted by Crippen LogP contribution is 2.16. The van der Waals surface area contributed by atoms with Gasteiger partial charge in [-0.2, -0.15) is 11.3 Å². The summed E-state index contributed by atoms with van der Waals surface area (Å²) in [5.41, 5.74) is 2.05. The molecule has 0 radical (unpaired) electrons. The lowest BCUT2D eigenvalue weighted by Crippen LogP contribution is -2.25. The Morgan fingerprint density at radius 3 is 2.94 bits per heavy atom. The average Bonchev–Trinajstić information content (AvgIpc) is 2.89. The largest absolute Gasteiger partial charge is 0.352 e. The van der Waals surface area contributed by atoms with E-state index < -0.39 is 0 Å². The number of hydrogen-bond acceptors (Lipinski definition) is 3. The minimum absolute atomic E-state index is 0.0226. The predicted molar refractivity (Wildman–Crippen MR) is 77.4 cm³/mol. The number of hydrogen-bond donors (Lipinski definition) is 1. The number of halogens is 1. The number of amides is 1. The van der Waals surface area contributed by atoms with Gasteiger partial charge in [0.2, 0.25) is 0 Å². The van der Waals surface area contributed by atoms with Crippen LogP contribution in [0.1, 0.15) is 15.9 Å². The molecule has 5 heteroatoms. The first-order chi connectivity index (χ1) is 7.75. The summed E-state index contributed by atoms with van der Waals surface area (Å²) in [5, 5.41) is 8.97. The van der Waals surface area contributed by atoms with Gasteiger partial charge >= 0.3 is 0 Å². The molecule has 2 aromatic heterocycles. The Kier molecular flexibility index (Phi) is 4.37. The van der Waals surface area contributed by atoms with Gasteiger partial charge in [0.05, 0.1) is 8.45 Å². The van der Waals surface area contributed by atoms with Gasteiger partial charge in [0.15, 0.2) is 0 Å². The number of nitrogens with one attached hydrogen (secondary N) is 1. The number of carbonyl (C=O) groups is 1. The van der Waals surface area contributed by atoms with Crippen LogP contribution in [0.4, 0.5) is 0 Å². The number of thiophene rings is 2. The topological polar surface area (TPSA) is 29.1 Å². The summed E-state index contributed by atoms with van der Waals surface area (Å²) in [6, 6.07) is 4.00. The Hall–Kier alpha value is -0.400. The molecule has 0 unspecified atom stereocenters. The van der Waals surface area contributed by atoms with Crippen molar-refractivity contribution in [2.45, 2.75) is 6.42 Å². The molecule has 0 spiro atoms. The van der Waals surface area contributed by atoms with Gasteiger partial charge in [-0.1, -0.05) is 0 Å². The molecule has 0 atom stereocenters. The molecule has 0 aliphatic rings. The maximum atomic E-state index is 11.7. The van der Waals surface area contributed by atoms with E-state index in [1.165, 1.54) is 5.56 Å². The normalized spacial score (nSPS) is 10.3. The maximum Gasteiger partial charge on any atom is 0.252 e. The predicted octanol–water partition coefficient (Wildman–Crippen LogP) is 3.39. The van der Waals surface area contributed by atoms with Gasteiger partial charge in [-0.05, 0) is 57.5 Å². The Balaban J connectivity index is 1.80. The first-order valence-corrected chi connectivity index (χ1v) is 7.69. The van der Waals surface area contributed by atoms with Crippen LogP contribution in [-0.4, -0.2) is 12.5 Å². The standard InChI is InChI=1S/C11H10INOS2/c12-10-5-9(7-16-10)11(14)13-3-1-8-2-4-15-6-8/h2,4-7H,1,3H2,(H,13,14). The van der Waals surface area contributed by atoms with E-state index in [4.69, 9.17) is 0 Å². The zero-order valence-corrected chi connectivity index (χ0v) is 12.2. The summed E-state index contributed by atoms with van der Waals surface area (Å²) in [6.07, 6.45) is 0.899. The Morgan fingerprint density at radius 2 is 2.31 bits per heavy atom. The molecule has 16 heavy (non-hydrogen) atoms. The third-order valence-electron chi connectivity index (χ3n) is 2.11. The van der Waals surface area contributed by atoms with Gasteiger partial charge in [0.1, 0.15) is 0 Å². The lowest BCUT2D eigenvalue weighted by atomic mass is 10.2. The van der Waals surface area contributed by atoms with Crippen LogP contribution in [0, 0.1) is 2.88 Å². The second kappa shape index (κ2) is 5.79. The van der Waals surface area contributed by atoms with E-state index in [0.717, 1.165) is 14.9 Å². The molecule has 0 saturated heterocycles. The lowest BCUT2D eigenvalue weighted by Gasteiger charge is -2.01. The zero-order chi connectivity index (χ0) is 11.4. The first-order valence-electron chi connectivity index (χ1n) is 4.79. The summed E-state index contributed by atoms with van der Waals surface area (Å²) in [7, 11) is 0. The highest BCUT2D eigenvalue weighted by atomic mass is 127. The van der Waals surface area contributed by atoms with E-state index >= 15 is 0 Å². The molecule has 0 aromatic carbocycles. The van der Waals surface area contributed by atoms with Crippen molar-refractivity contribution in [2.75, 3.05) is 6.54 Å². The average molecular weight is 363 g/mol. The van der Waals surface area contributed by atoms with E-state index in [-0.39, 0.29) is 5.91 Å². The summed E-state index contributed by atoms with van der Waals surface area (Å²) >= 11 is 5.50. The van der Waals surface area contributed by atoms with Gasteiger partial charge in [-0.15, -0.1) is 11.3 Å². The molecule has 84 valence electrons. The van der Waals surface area contributed by atoms with Crippen molar-refractivity contribution in [3.05, 3.63) is 42.3 Å². The van der Waals surface area contributed by atoms with E-state index in [1.807, 2.05) is 11.4 Å². The van der Waals surface area contributed by atoms with Gasteiger partial charge in [0, 0.05) is 11.9 Å². The van der Waals surface area contributed by atoms with Crippen molar-refractivity contribution in [2.24, 2.45) is 0 Å². The van der Waals surface area contributed by atoms with Crippen LogP contribution in [0.3, 0.4) is 0 Å². The molecule has 1 amide bonds. The third kappa shape index (κ3) is 3.29. The highest BCUT2D eigenvalue weighted by Gasteiger charge is 2.06. The van der Waals surface area contributed by atoms with Crippen LogP contribution >= 0.6 is 45.3 Å². The van der Waals surface area contributed by atoms with Crippen LogP contribution in [0.2, 0.25) is 0 Å². The van der Waals surface area contributed by atoms with E-state index in [2.05, 4.69) is 44.7 Å². The first kappa shape index (κ1) is 12.1. The smallest absolute Gasteiger partial charge is 0.252 e. The van der Waals surface area contributed by atoms with Crippen LogP contribution in [-0.2, 0) is 6.42 Å². The van der Waals surface area contributed by atoms with Crippen molar-refractivity contribution in [1.29, 1.82) is 0 Å². The van der Waals surface area contributed by atoms with Gasteiger partial charge in [0.25, 0.3) is 5.91 Å². The summed E-state index contributed by atoms with van der Waals surface area (Å²) in [4.78, 5) is 11.7. The number of rotatable bonds is 4. The molecule has 2 rings (SSSR count). The zero-order valence-electron chi connectivity index (χ0n) is 8.40. The molecular weight excluding hydrogens is 353 g/mol. The molecule has 2 nitrogen and oxygen atoms in total. The van der Waals surface area contributed by atoms with E-state index in [9.17, 15) is 4.79 Å². The van der Waals surface area contributed by atoms with Crippen molar-refractivity contribution >= 4 is 51.2 Å². The quantitative estimate of drug-likeness (QED) is 0.829. The van der Waals surface area contributed by atoms with E-state index in [0.29, 0.717) is 6.54 Å². The van der Waals surface area contributed by atoms with Crippen molar-refractivity contribution in [3.63, 3.8) is 0 Å². The fourth-order valence-corrected chi connectivity index (χ4v) is 3.32. The minimum Gasteiger partial charge on any atom is -0.352 e. The molecule has 0 bridgehead atoms. The minimum atomic E-state index is 0.0226. The molecular formula is C11H10INOS2. The molecule has 0 aliphatic heterocycles. The third-order valence-corrected chi connectivity index (χ3v) is 4.63. The molecule has 0 aliphatic carbocycles. The Morgan fingerprint density at radius 1 is 1.44 bits per heavy atom. The van der Waals surface area contributed by atoms with Crippen molar-refractivity contribution in [1.82, 2.24) is 5.32 Å². The van der Waals surface area contributed by atoms with Crippen molar-refractivity contribution in [3.8, 4) is 0 Å². The second-order valence-corrected chi connectivity index (χ2v) is 6.86. The highest BCUT2D eigenvalue weighted by molar-refractivity contribution is 14.1. The van der Waals surface area contributed by atoms with Crippen LogP contribution in [0.15, 0.2) is 28.3 Å². The summed E-state index contributed by atoms with van der Waals surface area (Å²) in [5.74, 6) is 0.0226. The lowest BCUT2D eigenvalue weighted by molar-refractivity contribution is 0.0954. The Bertz CT molecular complexity index is 464. The van der Waals surface area contributed by atoms with Crippen LogP contribution < -0.4 is 5.32 Å². The van der Waals surface area contributed by atoms with Crippen LogP contribution in [0.5, 0.6) is 0 Å². The Labute approximate surface area is 116 Å². The fraction of sp³-hybridized carbons (Fsp3) is 0.182.